The molecular formula is C11H17NO3. The molecule has 0 spiro atoms. The van der Waals surface area contributed by atoms with Crippen LogP contribution in [-0.2, 0) is 9.59 Å². The Hall–Kier alpha value is -1.06. The molecule has 0 bridgehead atoms. The van der Waals surface area contributed by atoms with Gasteiger partial charge < -0.3 is 10.0 Å². The molecule has 2 aliphatic rings. The predicted molar refractivity (Wildman–Crippen MR) is 54.2 cm³/mol. The van der Waals surface area contributed by atoms with Gasteiger partial charge in [-0.05, 0) is 31.6 Å². The monoisotopic (exact) mass is 211 g/mol. The minimum absolute atomic E-state index is 0.0439. The van der Waals surface area contributed by atoms with E-state index in [0.29, 0.717) is 25.4 Å². The van der Waals surface area contributed by atoms with E-state index in [2.05, 4.69) is 0 Å². The molecule has 15 heavy (non-hydrogen) atoms. The highest BCUT2D eigenvalue weighted by atomic mass is 16.4. The zero-order chi connectivity index (χ0) is 11.0. The predicted octanol–water partition coefficient (Wildman–Crippen LogP) is 0.966. The number of carboxylic acids is 1. The van der Waals surface area contributed by atoms with Gasteiger partial charge in [-0.2, -0.15) is 0 Å². The SMILES string of the molecule is CCN1CC(C(C(=O)O)C2CC2)CC1=O. The fourth-order valence-electron chi connectivity index (χ4n) is 2.59. The molecule has 1 N–H and O–H groups in total. The topological polar surface area (TPSA) is 57.6 Å². The van der Waals surface area contributed by atoms with Gasteiger partial charge in [-0.25, -0.2) is 0 Å². The van der Waals surface area contributed by atoms with Crippen LogP contribution in [0.15, 0.2) is 0 Å². The number of carbonyl (C=O) groups excluding carboxylic acids is 1. The maximum absolute atomic E-state index is 11.5. The van der Waals surface area contributed by atoms with E-state index in [4.69, 9.17) is 5.11 Å². The number of likely N-dealkylation sites (tertiary alicyclic amines) is 1. The van der Waals surface area contributed by atoms with Gasteiger partial charge >= 0.3 is 5.97 Å². The van der Waals surface area contributed by atoms with Crippen molar-refractivity contribution in [3.05, 3.63) is 0 Å². The number of aliphatic carboxylic acids is 1. The van der Waals surface area contributed by atoms with Gasteiger partial charge in [0.2, 0.25) is 5.91 Å². The summed E-state index contributed by atoms with van der Waals surface area (Å²) in [5.41, 5.74) is 0. The lowest BCUT2D eigenvalue weighted by Crippen LogP contribution is -2.29. The molecule has 2 rings (SSSR count). The molecule has 1 aliphatic carbocycles. The summed E-state index contributed by atoms with van der Waals surface area (Å²) >= 11 is 0. The highest BCUT2D eigenvalue weighted by Crippen LogP contribution is 2.43. The summed E-state index contributed by atoms with van der Waals surface area (Å²) in [6.07, 6.45) is 2.48. The molecule has 4 heteroatoms. The third kappa shape index (κ3) is 1.98. The Labute approximate surface area is 89.3 Å². The Morgan fingerprint density at radius 2 is 2.20 bits per heavy atom. The normalized spacial score (nSPS) is 28.2. The summed E-state index contributed by atoms with van der Waals surface area (Å²) in [6, 6.07) is 0. The summed E-state index contributed by atoms with van der Waals surface area (Å²) in [7, 11) is 0. The number of rotatable bonds is 4. The lowest BCUT2D eigenvalue weighted by molar-refractivity contribution is -0.144. The summed E-state index contributed by atoms with van der Waals surface area (Å²) in [5, 5.41) is 9.16. The van der Waals surface area contributed by atoms with E-state index in [9.17, 15) is 9.59 Å². The highest BCUT2D eigenvalue weighted by molar-refractivity contribution is 5.80. The van der Waals surface area contributed by atoms with Crippen LogP contribution in [0.5, 0.6) is 0 Å². The first-order chi connectivity index (χ1) is 7.13. The van der Waals surface area contributed by atoms with Gasteiger partial charge in [-0.1, -0.05) is 0 Å². The Morgan fingerprint density at radius 1 is 1.53 bits per heavy atom. The second kappa shape index (κ2) is 3.83. The molecule has 2 unspecified atom stereocenters. The van der Waals surface area contributed by atoms with Crippen molar-refractivity contribution < 1.29 is 14.7 Å². The molecule has 0 aromatic carbocycles. The average Bonchev–Trinajstić information content (AvgIpc) is 2.90. The van der Waals surface area contributed by atoms with Crippen molar-refractivity contribution in [3.8, 4) is 0 Å². The van der Waals surface area contributed by atoms with Crippen LogP contribution in [0.3, 0.4) is 0 Å². The molecule has 1 saturated heterocycles. The Balaban J connectivity index is 2.03. The minimum atomic E-state index is -0.715. The summed E-state index contributed by atoms with van der Waals surface area (Å²) < 4.78 is 0. The van der Waals surface area contributed by atoms with Crippen molar-refractivity contribution in [3.63, 3.8) is 0 Å². The highest BCUT2D eigenvalue weighted by Gasteiger charge is 2.45. The third-order valence-corrected chi connectivity index (χ3v) is 3.55. The van der Waals surface area contributed by atoms with E-state index in [1.807, 2.05) is 6.92 Å². The maximum Gasteiger partial charge on any atom is 0.307 e. The first kappa shape index (κ1) is 10.5. The molecule has 1 heterocycles. The van der Waals surface area contributed by atoms with Crippen LogP contribution in [0.1, 0.15) is 26.2 Å². The molecule has 4 nitrogen and oxygen atoms in total. The van der Waals surface area contributed by atoms with Gasteiger partial charge in [-0.3, -0.25) is 9.59 Å². The van der Waals surface area contributed by atoms with E-state index in [1.54, 1.807) is 4.90 Å². The molecule has 84 valence electrons. The van der Waals surface area contributed by atoms with E-state index in [0.717, 1.165) is 12.8 Å². The Morgan fingerprint density at radius 3 is 2.60 bits per heavy atom. The quantitative estimate of drug-likeness (QED) is 0.753. The number of hydrogen-bond acceptors (Lipinski definition) is 2. The van der Waals surface area contributed by atoms with Crippen molar-refractivity contribution in [2.24, 2.45) is 17.8 Å². The van der Waals surface area contributed by atoms with Gasteiger partial charge in [-0.15, -0.1) is 0 Å². The first-order valence-electron chi connectivity index (χ1n) is 5.64. The van der Waals surface area contributed by atoms with Crippen LogP contribution in [-0.4, -0.2) is 35.0 Å². The molecule has 2 atom stereocenters. The van der Waals surface area contributed by atoms with Crippen molar-refractivity contribution in [2.45, 2.75) is 26.2 Å². The second-order valence-corrected chi connectivity index (χ2v) is 4.60. The van der Waals surface area contributed by atoms with E-state index in [1.165, 1.54) is 0 Å². The van der Waals surface area contributed by atoms with Crippen LogP contribution in [0, 0.1) is 17.8 Å². The van der Waals surface area contributed by atoms with Crippen molar-refractivity contribution >= 4 is 11.9 Å². The molecule has 0 aromatic rings. The van der Waals surface area contributed by atoms with Crippen molar-refractivity contribution in [2.75, 3.05) is 13.1 Å². The molecule has 1 saturated carbocycles. The van der Waals surface area contributed by atoms with Gasteiger partial charge in [0.05, 0.1) is 5.92 Å². The number of amides is 1. The summed E-state index contributed by atoms with van der Waals surface area (Å²) in [6.45, 7) is 3.28. The van der Waals surface area contributed by atoms with Crippen LogP contribution in [0.4, 0.5) is 0 Å². The molecule has 1 aliphatic heterocycles. The lowest BCUT2D eigenvalue weighted by Gasteiger charge is -2.19. The Kier molecular flexibility index (Phi) is 2.67. The molecule has 2 fully saturated rings. The van der Waals surface area contributed by atoms with E-state index >= 15 is 0 Å². The van der Waals surface area contributed by atoms with Crippen LogP contribution >= 0.6 is 0 Å². The standard InChI is InChI=1S/C11H17NO3/c1-2-12-6-8(5-9(12)13)10(11(14)15)7-3-4-7/h7-8,10H,2-6H2,1H3,(H,14,15). The summed E-state index contributed by atoms with van der Waals surface area (Å²) in [5.74, 6) is -0.507. The van der Waals surface area contributed by atoms with Gasteiger partial charge in [0.25, 0.3) is 0 Å². The largest absolute Gasteiger partial charge is 0.481 e. The summed E-state index contributed by atoms with van der Waals surface area (Å²) in [4.78, 5) is 24.4. The number of nitrogens with zero attached hydrogens (tertiary/aromatic N) is 1. The number of carbonyl (C=O) groups is 2. The minimum Gasteiger partial charge on any atom is -0.481 e. The van der Waals surface area contributed by atoms with Crippen molar-refractivity contribution in [1.82, 2.24) is 4.90 Å². The smallest absolute Gasteiger partial charge is 0.307 e. The van der Waals surface area contributed by atoms with Crippen LogP contribution in [0.2, 0.25) is 0 Å². The fourth-order valence-corrected chi connectivity index (χ4v) is 2.59. The zero-order valence-electron chi connectivity index (χ0n) is 8.98. The Bertz CT molecular complexity index is 286. The van der Waals surface area contributed by atoms with Gasteiger partial charge in [0.1, 0.15) is 0 Å². The van der Waals surface area contributed by atoms with Crippen LogP contribution < -0.4 is 0 Å². The molecule has 0 radical (unpaired) electrons. The third-order valence-electron chi connectivity index (χ3n) is 3.55. The molecular weight excluding hydrogens is 194 g/mol. The molecule has 0 aromatic heterocycles. The number of hydrogen-bond donors (Lipinski definition) is 1. The van der Waals surface area contributed by atoms with Crippen LogP contribution in [0.25, 0.3) is 0 Å². The average molecular weight is 211 g/mol. The number of carboxylic acid groups (broad SMARTS) is 1. The van der Waals surface area contributed by atoms with E-state index < -0.39 is 5.97 Å². The lowest BCUT2D eigenvalue weighted by atomic mass is 9.87. The maximum atomic E-state index is 11.5. The molecule has 1 amide bonds. The van der Waals surface area contributed by atoms with Gasteiger partial charge in [0, 0.05) is 19.5 Å². The van der Waals surface area contributed by atoms with E-state index in [-0.39, 0.29) is 17.7 Å². The van der Waals surface area contributed by atoms with Gasteiger partial charge in [0.15, 0.2) is 0 Å². The van der Waals surface area contributed by atoms with Crippen molar-refractivity contribution in [1.29, 1.82) is 0 Å². The zero-order valence-corrected chi connectivity index (χ0v) is 8.98. The second-order valence-electron chi connectivity index (χ2n) is 4.60. The first-order valence-corrected chi connectivity index (χ1v) is 5.64. The fraction of sp³-hybridized carbons (Fsp3) is 0.818.